The monoisotopic (exact) mass is 257 g/mol. The maximum atomic E-state index is 12.8. The highest BCUT2D eigenvalue weighted by molar-refractivity contribution is 5.40. The predicted molar refractivity (Wildman–Crippen MR) is 72.4 cm³/mol. The smallest absolute Gasteiger partial charge is 0.123 e. The molecule has 2 N–H and O–H groups in total. The first-order valence-electron chi connectivity index (χ1n) is 6.52. The van der Waals surface area contributed by atoms with Crippen LogP contribution in [0.25, 0.3) is 0 Å². The van der Waals surface area contributed by atoms with Crippen LogP contribution in [-0.2, 0) is 13.0 Å². The summed E-state index contributed by atoms with van der Waals surface area (Å²) < 4.78 is 12.8. The number of benzene rings is 2. The number of aromatic hydroxyl groups is 1. The van der Waals surface area contributed by atoms with Crippen LogP contribution in [0.5, 0.6) is 5.75 Å². The van der Waals surface area contributed by atoms with Crippen molar-refractivity contribution in [2.24, 2.45) is 0 Å². The van der Waals surface area contributed by atoms with Crippen molar-refractivity contribution < 1.29 is 9.50 Å². The Morgan fingerprint density at radius 1 is 1.16 bits per heavy atom. The standard InChI is InChI=1S/C16H16FNO/c17-13-4-1-11(2-5-13)10-18-16-8-3-12-9-14(19)6-7-15(12)16/h1-2,4-7,9,16,18-19H,3,8,10H2. The van der Waals surface area contributed by atoms with Crippen molar-refractivity contribution in [1.29, 1.82) is 0 Å². The Hall–Kier alpha value is -1.87. The Labute approximate surface area is 111 Å². The highest BCUT2D eigenvalue weighted by Crippen LogP contribution is 2.33. The predicted octanol–water partition coefficient (Wildman–Crippen LogP) is 3.31. The molecule has 1 atom stereocenters. The van der Waals surface area contributed by atoms with Crippen LogP contribution in [0.1, 0.15) is 29.2 Å². The molecule has 0 saturated heterocycles. The summed E-state index contributed by atoms with van der Waals surface area (Å²) >= 11 is 0. The normalized spacial score (nSPS) is 17.4. The molecule has 0 aromatic heterocycles. The van der Waals surface area contributed by atoms with Gasteiger partial charge in [-0.15, -0.1) is 0 Å². The summed E-state index contributed by atoms with van der Waals surface area (Å²) in [5, 5.41) is 12.9. The molecule has 0 radical (unpaired) electrons. The van der Waals surface area contributed by atoms with Crippen molar-refractivity contribution in [2.75, 3.05) is 0 Å². The van der Waals surface area contributed by atoms with Crippen molar-refractivity contribution in [1.82, 2.24) is 5.32 Å². The first-order chi connectivity index (χ1) is 9.22. The third-order valence-electron chi connectivity index (χ3n) is 3.67. The first kappa shape index (κ1) is 12.2. The number of nitrogens with one attached hydrogen (secondary N) is 1. The van der Waals surface area contributed by atoms with E-state index in [1.54, 1.807) is 18.2 Å². The van der Waals surface area contributed by atoms with Crippen molar-refractivity contribution >= 4 is 0 Å². The second-order valence-corrected chi connectivity index (χ2v) is 4.98. The Bertz CT molecular complexity index is 580. The molecule has 98 valence electrons. The molecule has 3 rings (SSSR count). The summed E-state index contributed by atoms with van der Waals surface area (Å²) in [6, 6.07) is 12.4. The van der Waals surface area contributed by atoms with E-state index in [2.05, 4.69) is 5.32 Å². The Morgan fingerprint density at radius 3 is 2.74 bits per heavy atom. The Morgan fingerprint density at radius 2 is 1.95 bits per heavy atom. The zero-order valence-corrected chi connectivity index (χ0v) is 10.6. The summed E-state index contributed by atoms with van der Waals surface area (Å²) in [7, 11) is 0. The summed E-state index contributed by atoms with van der Waals surface area (Å²) in [5.74, 6) is 0.128. The van der Waals surface area contributed by atoms with Gasteiger partial charge in [0.15, 0.2) is 0 Å². The van der Waals surface area contributed by atoms with E-state index in [-0.39, 0.29) is 5.82 Å². The van der Waals surface area contributed by atoms with Gasteiger partial charge in [0.25, 0.3) is 0 Å². The van der Waals surface area contributed by atoms with E-state index in [0.29, 0.717) is 11.8 Å². The lowest BCUT2D eigenvalue weighted by Crippen LogP contribution is -2.18. The molecule has 3 heteroatoms. The van der Waals surface area contributed by atoms with Gasteiger partial charge in [0, 0.05) is 12.6 Å². The minimum Gasteiger partial charge on any atom is -0.508 e. The Kier molecular flexibility index (Phi) is 3.22. The number of fused-ring (bicyclic) bond motifs is 1. The van der Waals surface area contributed by atoms with Crippen LogP contribution in [0.15, 0.2) is 42.5 Å². The molecule has 0 bridgehead atoms. The van der Waals surface area contributed by atoms with Gasteiger partial charge in [-0.3, -0.25) is 0 Å². The van der Waals surface area contributed by atoms with Crippen molar-refractivity contribution in [3.8, 4) is 5.75 Å². The minimum atomic E-state index is -0.203. The quantitative estimate of drug-likeness (QED) is 0.884. The number of rotatable bonds is 3. The molecule has 1 unspecified atom stereocenters. The zero-order valence-electron chi connectivity index (χ0n) is 10.6. The molecule has 2 nitrogen and oxygen atoms in total. The van der Waals surface area contributed by atoms with E-state index in [1.807, 2.05) is 12.1 Å². The molecule has 1 aliphatic carbocycles. The van der Waals surface area contributed by atoms with Crippen molar-refractivity contribution in [3.05, 3.63) is 65.0 Å². The molecule has 0 fully saturated rings. The highest BCUT2D eigenvalue weighted by atomic mass is 19.1. The molecular formula is C16H16FNO. The lowest BCUT2D eigenvalue weighted by Gasteiger charge is -2.14. The summed E-state index contributed by atoms with van der Waals surface area (Å²) in [6.45, 7) is 0.727. The zero-order chi connectivity index (χ0) is 13.2. The van der Waals surface area contributed by atoms with Gasteiger partial charge < -0.3 is 10.4 Å². The third kappa shape index (κ3) is 2.61. The maximum Gasteiger partial charge on any atom is 0.123 e. The van der Waals surface area contributed by atoms with E-state index in [1.165, 1.54) is 23.3 Å². The minimum absolute atomic E-state index is 0.203. The number of halogens is 1. The summed E-state index contributed by atoms with van der Waals surface area (Å²) in [6.07, 6.45) is 2.03. The summed E-state index contributed by atoms with van der Waals surface area (Å²) in [4.78, 5) is 0. The van der Waals surface area contributed by atoms with Crippen LogP contribution >= 0.6 is 0 Å². The lowest BCUT2D eigenvalue weighted by molar-refractivity contribution is 0.474. The second kappa shape index (κ2) is 5.02. The van der Waals surface area contributed by atoms with Gasteiger partial charge in [-0.25, -0.2) is 4.39 Å². The molecule has 2 aromatic carbocycles. The molecule has 0 saturated carbocycles. The number of phenolic OH excluding ortho intramolecular Hbond substituents is 1. The molecule has 1 aliphatic rings. The molecule has 2 aromatic rings. The van der Waals surface area contributed by atoms with Crippen LogP contribution < -0.4 is 5.32 Å². The number of hydrogen-bond donors (Lipinski definition) is 2. The fourth-order valence-corrected chi connectivity index (χ4v) is 2.66. The van der Waals surface area contributed by atoms with Crippen molar-refractivity contribution in [3.63, 3.8) is 0 Å². The van der Waals surface area contributed by atoms with E-state index >= 15 is 0 Å². The van der Waals surface area contributed by atoms with Crippen molar-refractivity contribution in [2.45, 2.75) is 25.4 Å². The van der Waals surface area contributed by atoms with Crippen LogP contribution in [0.2, 0.25) is 0 Å². The fourth-order valence-electron chi connectivity index (χ4n) is 2.66. The molecule has 19 heavy (non-hydrogen) atoms. The average molecular weight is 257 g/mol. The molecular weight excluding hydrogens is 241 g/mol. The van der Waals surface area contributed by atoms with Gasteiger partial charge in [-0.2, -0.15) is 0 Å². The maximum absolute atomic E-state index is 12.8. The van der Waals surface area contributed by atoms with Crippen LogP contribution in [0.4, 0.5) is 4.39 Å². The second-order valence-electron chi connectivity index (χ2n) is 4.98. The average Bonchev–Trinajstić information content (AvgIpc) is 2.80. The van der Waals surface area contributed by atoms with Gasteiger partial charge in [-0.1, -0.05) is 18.2 Å². The van der Waals surface area contributed by atoms with E-state index in [4.69, 9.17) is 0 Å². The van der Waals surface area contributed by atoms with Gasteiger partial charge in [0.05, 0.1) is 0 Å². The van der Waals surface area contributed by atoms with Crippen LogP contribution in [-0.4, -0.2) is 5.11 Å². The third-order valence-corrected chi connectivity index (χ3v) is 3.67. The largest absolute Gasteiger partial charge is 0.508 e. The number of aryl methyl sites for hydroxylation is 1. The SMILES string of the molecule is Oc1ccc2c(c1)CCC2NCc1ccc(F)cc1. The fraction of sp³-hybridized carbons (Fsp3) is 0.250. The molecule has 0 aliphatic heterocycles. The number of hydrogen-bond acceptors (Lipinski definition) is 2. The van der Waals surface area contributed by atoms with Gasteiger partial charge in [0.2, 0.25) is 0 Å². The number of phenols is 1. The lowest BCUT2D eigenvalue weighted by atomic mass is 10.1. The Balaban J connectivity index is 1.68. The van der Waals surface area contributed by atoms with E-state index in [9.17, 15) is 9.50 Å². The topological polar surface area (TPSA) is 32.3 Å². The van der Waals surface area contributed by atoms with E-state index < -0.39 is 0 Å². The summed E-state index contributed by atoms with van der Waals surface area (Å²) in [5.41, 5.74) is 3.56. The molecule has 0 spiro atoms. The van der Waals surface area contributed by atoms with E-state index in [0.717, 1.165) is 24.9 Å². The van der Waals surface area contributed by atoms with Crippen LogP contribution in [0, 0.1) is 5.82 Å². The molecule has 0 amide bonds. The van der Waals surface area contributed by atoms with Gasteiger partial charge in [0.1, 0.15) is 11.6 Å². The molecule has 0 heterocycles. The van der Waals surface area contributed by atoms with Gasteiger partial charge in [-0.05, 0) is 53.8 Å². The van der Waals surface area contributed by atoms with Gasteiger partial charge >= 0.3 is 0 Å². The van der Waals surface area contributed by atoms with Crippen LogP contribution in [0.3, 0.4) is 0 Å². The highest BCUT2D eigenvalue weighted by Gasteiger charge is 2.21. The first-order valence-corrected chi connectivity index (χ1v) is 6.52.